The zero-order valence-corrected chi connectivity index (χ0v) is 11.9. The molecule has 0 saturated heterocycles. The SMILES string of the molecule is COC(=O)CCCC(N)c1ccc(OC(C)C)cc1. The number of benzene rings is 1. The van der Waals surface area contributed by atoms with E-state index < -0.39 is 0 Å². The molecule has 1 atom stereocenters. The van der Waals surface area contributed by atoms with Crippen LogP contribution >= 0.6 is 0 Å². The predicted molar refractivity (Wildman–Crippen MR) is 75.0 cm³/mol. The summed E-state index contributed by atoms with van der Waals surface area (Å²) in [5, 5.41) is 0. The Hall–Kier alpha value is -1.55. The zero-order valence-electron chi connectivity index (χ0n) is 11.9. The molecule has 0 saturated carbocycles. The van der Waals surface area contributed by atoms with Crippen molar-refractivity contribution in [1.82, 2.24) is 0 Å². The van der Waals surface area contributed by atoms with Crippen LogP contribution in [0.1, 0.15) is 44.7 Å². The summed E-state index contributed by atoms with van der Waals surface area (Å²) in [7, 11) is 1.40. The number of carbonyl (C=O) groups excluding carboxylic acids is 1. The van der Waals surface area contributed by atoms with Gasteiger partial charge in [-0.05, 0) is 44.4 Å². The van der Waals surface area contributed by atoms with E-state index in [0.29, 0.717) is 6.42 Å². The van der Waals surface area contributed by atoms with Gasteiger partial charge in [0.05, 0.1) is 13.2 Å². The first kappa shape index (κ1) is 15.5. The Labute approximate surface area is 114 Å². The summed E-state index contributed by atoms with van der Waals surface area (Å²) in [5.41, 5.74) is 7.14. The molecule has 0 spiro atoms. The molecule has 4 heteroatoms. The van der Waals surface area contributed by atoms with Crippen LogP contribution in [0.2, 0.25) is 0 Å². The highest BCUT2D eigenvalue weighted by Gasteiger charge is 2.08. The second-order valence-electron chi connectivity index (χ2n) is 4.81. The van der Waals surface area contributed by atoms with Gasteiger partial charge in [0.25, 0.3) is 0 Å². The molecule has 0 aliphatic heterocycles. The number of nitrogens with two attached hydrogens (primary N) is 1. The van der Waals surface area contributed by atoms with E-state index in [1.54, 1.807) is 0 Å². The maximum Gasteiger partial charge on any atom is 0.305 e. The minimum absolute atomic E-state index is 0.0576. The maximum atomic E-state index is 11.0. The number of hydrogen-bond donors (Lipinski definition) is 1. The van der Waals surface area contributed by atoms with Crippen LogP contribution in [0.3, 0.4) is 0 Å². The van der Waals surface area contributed by atoms with Gasteiger partial charge in [-0.3, -0.25) is 4.79 Å². The van der Waals surface area contributed by atoms with Gasteiger partial charge >= 0.3 is 5.97 Å². The summed E-state index contributed by atoms with van der Waals surface area (Å²) in [6.07, 6.45) is 2.08. The molecule has 0 amide bonds. The number of rotatable bonds is 7. The lowest BCUT2D eigenvalue weighted by molar-refractivity contribution is -0.140. The van der Waals surface area contributed by atoms with Gasteiger partial charge < -0.3 is 15.2 Å². The summed E-state index contributed by atoms with van der Waals surface area (Å²) >= 11 is 0. The molecule has 1 aromatic rings. The first-order chi connectivity index (χ1) is 9.02. The van der Waals surface area contributed by atoms with Crippen LogP contribution in [-0.4, -0.2) is 19.2 Å². The number of ether oxygens (including phenoxy) is 2. The van der Waals surface area contributed by atoms with Crippen molar-refractivity contribution in [2.75, 3.05) is 7.11 Å². The van der Waals surface area contributed by atoms with E-state index in [1.165, 1.54) is 7.11 Å². The summed E-state index contributed by atoms with van der Waals surface area (Å²) in [5.74, 6) is 0.661. The molecule has 1 rings (SSSR count). The molecule has 1 unspecified atom stereocenters. The monoisotopic (exact) mass is 265 g/mol. The van der Waals surface area contributed by atoms with Gasteiger partial charge in [0.15, 0.2) is 0 Å². The van der Waals surface area contributed by atoms with Crippen molar-refractivity contribution in [1.29, 1.82) is 0 Å². The molecule has 0 aliphatic carbocycles. The Morgan fingerprint density at radius 2 is 1.89 bits per heavy atom. The third-order valence-electron chi connectivity index (χ3n) is 2.80. The lowest BCUT2D eigenvalue weighted by Crippen LogP contribution is -2.11. The van der Waals surface area contributed by atoms with E-state index in [9.17, 15) is 4.79 Å². The molecular formula is C15H23NO3. The molecule has 2 N–H and O–H groups in total. The Balaban J connectivity index is 2.44. The van der Waals surface area contributed by atoms with Crippen LogP contribution in [0.4, 0.5) is 0 Å². The summed E-state index contributed by atoms with van der Waals surface area (Å²) in [6, 6.07) is 7.74. The number of carbonyl (C=O) groups is 1. The van der Waals surface area contributed by atoms with E-state index in [1.807, 2.05) is 38.1 Å². The molecule has 0 aliphatic rings. The molecular weight excluding hydrogens is 242 g/mol. The highest BCUT2D eigenvalue weighted by Crippen LogP contribution is 2.20. The zero-order chi connectivity index (χ0) is 14.3. The van der Waals surface area contributed by atoms with Crippen molar-refractivity contribution in [3.63, 3.8) is 0 Å². The van der Waals surface area contributed by atoms with Gasteiger partial charge in [0, 0.05) is 12.5 Å². The molecule has 106 valence electrons. The molecule has 0 radical (unpaired) electrons. The van der Waals surface area contributed by atoms with Gasteiger partial charge in [0.1, 0.15) is 5.75 Å². The van der Waals surface area contributed by atoms with Crippen LogP contribution in [-0.2, 0) is 9.53 Å². The number of methoxy groups -OCH3 is 1. The third kappa shape index (κ3) is 5.75. The first-order valence-corrected chi connectivity index (χ1v) is 6.62. The normalized spacial score (nSPS) is 12.3. The topological polar surface area (TPSA) is 61.5 Å². The smallest absolute Gasteiger partial charge is 0.305 e. The number of esters is 1. The van der Waals surface area contributed by atoms with Crippen LogP contribution in [0.25, 0.3) is 0 Å². The van der Waals surface area contributed by atoms with E-state index in [0.717, 1.165) is 24.2 Å². The van der Waals surface area contributed by atoms with E-state index in [-0.39, 0.29) is 18.1 Å². The Morgan fingerprint density at radius 1 is 1.26 bits per heavy atom. The first-order valence-electron chi connectivity index (χ1n) is 6.62. The average Bonchev–Trinajstić information content (AvgIpc) is 2.38. The molecule has 0 heterocycles. The predicted octanol–water partition coefficient (Wildman–Crippen LogP) is 2.82. The Morgan fingerprint density at radius 3 is 2.42 bits per heavy atom. The van der Waals surface area contributed by atoms with Crippen molar-refractivity contribution in [2.45, 2.75) is 45.3 Å². The fourth-order valence-corrected chi connectivity index (χ4v) is 1.80. The second-order valence-corrected chi connectivity index (χ2v) is 4.81. The van der Waals surface area contributed by atoms with Gasteiger partial charge in [0.2, 0.25) is 0 Å². The maximum absolute atomic E-state index is 11.0. The van der Waals surface area contributed by atoms with Gasteiger partial charge in [-0.15, -0.1) is 0 Å². The van der Waals surface area contributed by atoms with Crippen molar-refractivity contribution in [3.8, 4) is 5.75 Å². The van der Waals surface area contributed by atoms with E-state index in [2.05, 4.69) is 4.74 Å². The fourth-order valence-electron chi connectivity index (χ4n) is 1.80. The van der Waals surface area contributed by atoms with Crippen LogP contribution in [0.15, 0.2) is 24.3 Å². The Bertz CT molecular complexity index is 387. The van der Waals surface area contributed by atoms with Gasteiger partial charge in [-0.2, -0.15) is 0 Å². The molecule has 1 aromatic carbocycles. The lowest BCUT2D eigenvalue weighted by Gasteiger charge is -2.14. The minimum atomic E-state index is -0.187. The minimum Gasteiger partial charge on any atom is -0.491 e. The summed E-state index contributed by atoms with van der Waals surface area (Å²) in [6.45, 7) is 3.99. The molecule has 0 aromatic heterocycles. The lowest BCUT2D eigenvalue weighted by atomic mass is 10.0. The van der Waals surface area contributed by atoms with Crippen molar-refractivity contribution in [3.05, 3.63) is 29.8 Å². The quantitative estimate of drug-likeness (QED) is 0.770. The molecule has 19 heavy (non-hydrogen) atoms. The van der Waals surface area contributed by atoms with Crippen LogP contribution in [0, 0.1) is 0 Å². The van der Waals surface area contributed by atoms with E-state index in [4.69, 9.17) is 10.5 Å². The van der Waals surface area contributed by atoms with Crippen molar-refractivity contribution >= 4 is 5.97 Å². The summed E-state index contributed by atoms with van der Waals surface area (Å²) in [4.78, 5) is 11.0. The van der Waals surface area contributed by atoms with Gasteiger partial charge in [-0.1, -0.05) is 12.1 Å². The molecule has 0 bridgehead atoms. The molecule has 4 nitrogen and oxygen atoms in total. The standard InChI is InChI=1S/C15H23NO3/c1-11(2)19-13-9-7-12(8-10-13)14(16)5-4-6-15(17)18-3/h7-11,14H,4-6,16H2,1-3H3. The Kier molecular flexibility index (Phi) is 6.36. The average molecular weight is 265 g/mol. The van der Waals surface area contributed by atoms with E-state index >= 15 is 0 Å². The van der Waals surface area contributed by atoms with Crippen LogP contribution < -0.4 is 10.5 Å². The van der Waals surface area contributed by atoms with Gasteiger partial charge in [-0.25, -0.2) is 0 Å². The van der Waals surface area contributed by atoms with Crippen LogP contribution in [0.5, 0.6) is 5.75 Å². The van der Waals surface area contributed by atoms with Crippen molar-refractivity contribution < 1.29 is 14.3 Å². The largest absolute Gasteiger partial charge is 0.491 e. The van der Waals surface area contributed by atoms with Crippen molar-refractivity contribution in [2.24, 2.45) is 5.73 Å². The number of hydrogen-bond acceptors (Lipinski definition) is 4. The fraction of sp³-hybridized carbons (Fsp3) is 0.533. The highest BCUT2D eigenvalue weighted by molar-refractivity contribution is 5.68. The summed E-state index contributed by atoms with van der Waals surface area (Å²) < 4.78 is 10.2. The highest BCUT2D eigenvalue weighted by atomic mass is 16.5. The second kappa shape index (κ2) is 7.79. The molecule has 0 fully saturated rings. The third-order valence-corrected chi connectivity index (χ3v) is 2.80.